The van der Waals surface area contributed by atoms with E-state index >= 15 is 0 Å². The lowest BCUT2D eigenvalue weighted by Gasteiger charge is -2.28. The summed E-state index contributed by atoms with van der Waals surface area (Å²) in [6.45, 7) is 11.0. The second-order valence-electron chi connectivity index (χ2n) is 9.18. The Morgan fingerprint density at radius 3 is 2.42 bits per heavy atom. The Labute approximate surface area is 186 Å². The molecule has 0 spiro atoms. The second-order valence-corrected chi connectivity index (χ2v) is 9.18. The van der Waals surface area contributed by atoms with Gasteiger partial charge >= 0.3 is 6.09 Å². The number of hydrogen-bond donors (Lipinski definition) is 0. The molecule has 0 radical (unpaired) electrons. The van der Waals surface area contributed by atoms with Crippen LogP contribution in [0.5, 0.6) is 0 Å². The van der Waals surface area contributed by atoms with E-state index in [9.17, 15) is 14.4 Å². The Hall–Kier alpha value is -2.37. The van der Waals surface area contributed by atoms with E-state index in [1.54, 1.807) is 0 Å². The summed E-state index contributed by atoms with van der Waals surface area (Å²) in [7, 11) is 1.86. The molecule has 0 bridgehead atoms. The van der Waals surface area contributed by atoms with Crippen molar-refractivity contribution in [1.82, 2.24) is 9.80 Å². The molecule has 0 aliphatic carbocycles. The molecule has 3 amide bonds. The summed E-state index contributed by atoms with van der Waals surface area (Å²) in [4.78, 5) is 40.9. The maximum Gasteiger partial charge on any atom is 0.417 e. The first kappa shape index (κ1) is 24.9. The van der Waals surface area contributed by atoms with Crippen molar-refractivity contribution in [2.45, 2.75) is 59.9 Å². The minimum atomic E-state index is -0.559. The zero-order chi connectivity index (χ0) is 23.1. The van der Waals surface area contributed by atoms with Gasteiger partial charge in [-0.3, -0.25) is 9.59 Å². The molecule has 6 heteroatoms. The van der Waals surface area contributed by atoms with E-state index < -0.39 is 6.09 Å². The monoisotopic (exact) mass is 430 g/mol. The minimum Gasteiger partial charge on any atom is -0.446 e. The maximum absolute atomic E-state index is 13.2. The van der Waals surface area contributed by atoms with Crippen molar-refractivity contribution in [2.24, 2.45) is 23.7 Å². The van der Waals surface area contributed by atoms with Crippen LogP contribution >= 0.6 is 0 Å². The number of hydrogen-bond acceptors (Lipinski definition) is 4. The number of ether oxygens (including phenoxy) is 1. The summed E-state index contributed by atoms with van der Waals surface area (Å²) >= 11 is 0. The van der Waals surface area contributed by atoms with Crippen LogP contribution in [0.15, 0.2) is 30.3 Å². The summed E-state index contributed by atoms with van der Waals surface area (Å²) < 4.78 is 5.21. The molecule has 1 aliphatic heterocycles. The van der Waals surface area contributed by atoms with Crippen LogP contribution in [0.1, 0.15) is 65.5 Å². The number of carbonyl (C=O) groups excluding carboxylic acids is 3. The number of benzene rings is 1. The molecule has 2 rings (SSSR count). The third-order valence-corrected chi connectivity index (χ3v) is 6.68. The smallest absolute Gasteiger partial charge is 0.417 e. The molecule has 1 aromatic rings. The van der Waals surface area contributed by atoms with E-state index in [0.29, 0.717) is 12.5 Å². The third kappa shape index (κ3) is 6.31. The molecule has 1 saturated heterocycles. The van der Waals surface area contributed by atoms with E-state index in [1.165, 1.54) is 4.90 Å². The topological polar surface area (TPSA) is 66.9 Å². The van der Waals surface area contributed by atoms with Crippen LogP contribution in [0, 0.1) is 23.7 Å². The lowest BCUT2D eigenvalue weighted by atomic mass is 9.85. The molecular weight excluding hydrogens is 392 g/mol. The van der Waals surface area contributed by atoms with Crippen molar-refractivity contribution in [3.8, 4) is 0 Å². The Morgan fingerprint density at radius 1 is 1.16 bits per heavy atom. The van der Waals surface area contributed by atoms with Crippen LogP contribution in [-0.4, -0.2) is 47.9 Å². The van der Waals surface area contributed by atoms with Crippen LogP contribution < -0.4 is 0 Å². The van der Waals surface area contributed by atoms with Gasteiger partial charge in [-0.05, 0) is 36.7 Å². The number of nitrogens with zero attached hydrogens (tertiary/aromatic N) is 2. The number of carbonyl (C=O) groups is 3. The van der Waals surface area contributed by atoms with Gasteiger partial charge in [0.1, 0.15) is 12.6 Å². The molecule has 172 valence electrons. The fraction of sp³-hybridized carbons (Fsp3) is 0.640. The predicted octanol–water partition coefficient (Wildman–Crippen LogP) is 4.90. The molecule has 0 N–H and O–H groups in total. The molecule has 31 heavy (non-hydrogen) atoms. The molecule has 1 aromatic carbocycles. The fourth-order valence-corrected chi connectivity index (χ4v) is 4.08. The quantitative estimate of drug-likeness (QED) is 0.529. The largest absolute Gasteiger partial charge is 0.446 e. The van der Waals surface area contributed by atoms with Crippen LogP contribution in [0.3, 0.4) is 0 Å². The molecule has 0 saturated carbocycles. The molecule has 1 fully saturated rings. The van der Waals surface area contributed by atoms with Crippen LogP contribution in [-0.2, 0) is 14.3 Å². The highest BCUT2D eigenvalue weighted by Gasteiger charge is 2.41. The van der Waals surface area contributed by atoms with Gasteiger partial charge in [-0.25, -0.2) is 9.69 Å². The van der Waals surface area contributed by atoms with Crippen molar-refractivity contribution >= 4 is 17.9 Å². The van der Waals surface area contributed by atoms with Crippen LogP contribution in [0.4, 0.5) is 4.79 Å². The number of cyclic esters (lactones) is 1. The first-order chi connectivity index (χ1) is 14.7. The minimum absolute atomic E-state index is 0.0506. The van der Waals surface area contributed by atoms with Crippen molar-refractivity contribution in [1.29, 1.82) is 0 Å². The standard InChI is InChI=1S/C25H38N2O4/c1-7-18(3)23(28)26(6)14-13-17(2)15-19(4)20(5)24(29)27-22(16-31-25(27)30)21-11-9-8-10-12-21/h8-12,17-20,22H,7,13-16H2,1-6H3/t17-,18-,19+,20+,22-/m1/s1. The van der Waals surface area contributed by atoms with Gasteiger partial charge in [0.25, 0.3) is 0 Å². The summed E-state index contributed by atoms with van der Waals surface area (Å²) in [5, 5.41) is 0. The summed E-state index contributed by atoms with van der Waals surface area (Å²) in [6.07, 6.45) is 2.04. The van der Waals surface area contributed by atoms with E-state index in [0.717, 1.165) is 24.8 Å². The predicted molar refractivity (Wildman–Crippen MR) is 121 cm³/mol. The lowest BCUT2D eigenvalue weighted by molar-refractivity contribution is -0.134. The number of rotatable bonds is 10. The molecule has 0 aromatic heterocycles. The van der Waals surface area contributed by atoms with Gasteiger partial charge in [-0.1, -0.05) is 65.0 Å². The van der Waals surface area contributed by atoms with E-state index in [-0.39, 0.29) is 42.2 Å². The first-order valence-electron chi connectivity index (χ1n) is 11.5. The van der Waals surface area contributed by atoms with Gasteiger partial charge in [0, 0.05) is 25.4 Å². The Morgan fingerprint density at radius 2 is 1.81 bits per heavy atom. The van der Waals surface area contributed by atoms with Crippen LogP contribution in [0.25, 0.3) is 0 Å². The molecule has 1 aliphatic rings. The zero-order valence-electron chi connectivity index (χ0n) is 19.8. The van der Waals surface area contributed by atoms with Gasteiger partial charge in [0.15, 0.2) is 0 Å². The second kappa shape index (κ2) is 11.3. The molecule has 5 atom stereocenters. The summed E-state index contributed by atoms with van der Waals surface area (Å²) in [5.74, 6) is 0.245. The van der Waals surface area contributed by atoms with Gasteiger partial charge < -0.3 is 9.64 Å². The van der Waals surface area contributed by atoms with Gasteiger partial charge in [-0.2, -0.15) is 0 Å². The lowest BCUT2D eigenvalue weighted by Crippen LogP contribution is -2.40. The van der Waals surface area contributed by atoms with Crippen molar-refractivity contribution in [2.75, 3.05) is 20.2 Å². The van der Waals surface area contributed by atoms with Gasteiger partial charge in [0.2, 0.25) is 11.8 Å². The maximum atomic E-state index is 13.2. The highest BCUT2D eigenvalue weighted by atomic mass is 16.6. The normalized spacial score (nSPS) is 20.0. The average Bonchev–Trinajstić information content (AvgIpc) is 3.17. The van der Waals surface area contributed by atoms with Crippen molar-refractivity contribution < 1.29 is 19.1 Å². The highest BCUT2D eigenvalue weighted by Crippen LogP contribution is 2.32. The molecular formula is C25H38N2O4. The van der Waals surface area contributed by atoms with E-state index in [1.807, 2.05) is 63.1 Å². The third-order valence-electron chi connectivity index (χ3n) is 6.68. The average molecular weight is 431 g/mol. The summed E-state index contributed by atoms with van der Waals surface area (Å²) in [5.41, 5.74) is 0.906. The zero-order valence-corrected chi connectivity index (χ0v) is 19.8. The van der Waals surface area contributed by atoms with E-state index in [2.05, 4.69) is 13.8 Å². The Balaban J connectivity index is 1.92. The van der Waals surface area contributed by atoms with Crippen molar-refractivity contribution in [3.05, 3.63) is 35.9 Å². The van der Waals surface area contributed by atoms with Gasteiger partial charge in [-0.15, -0.1) is 0 Å². The Bertz CT molecular complexity index is 751. The molecule has 0 unspecified atom stereocenters. The summed E-state index contributed by atoms with van der Waals surface area (Å²) in [6, 6.07) is 9.18. The highest BCUT2D eigenvalue weighted by molar-refractivity contribution is 5.95. The van der Waals surface area contributed by atoms with E-state index in [4.69, 9.17) is 4.74 Å². The molecule has 1 heterocycles. The number of imide groups is 1. The Kier molecular flexibility index (Phi) is 9.08. The molecule has 6 nitrogen and oxygen atoms in total. The van der Waals surface area contributed by atoms with Crippen molar-refractivity contribution in [3.63, 3.8) is 0 Å². The van der Waals surface area contributed by atoms with Gasteiger partial charge in [0.05, 0.1) is 0 Å². The first-order valence-corrected chi connectivity index (χ1v) is 11.5. The number of amides is 3. The SMILES string of the molecule is CC[C@@H](C)C(=O)N(C)CC[C@@H](C)C[C@H](C)[C@H](C)C(=O)N1C(=O)OC[C@@H]1c1ccccc1. The fourth-order valence-electron chi connectivity index (χ4n) is 4.08. The van der Waals surface area contributed by atoms with Crippen LogP contribution in [0.2, 0.25) is 0 Å².